The quantitative estimate of drug-likeness (QED) is 0.923. The standard InChI is InChI=1S/C18H19NO4S/c20-18(21)16-6-4-14(5-7-16)15-8-10-17(11-9-15)24(22,23)19-12-2-1-3-13-19/h4-11H,1-3,12-13H2,(H,20,21). The van der Waals surface area contributed by atoms with Crippen LogP contribution in [0.5, 0.6) is 0 Å². The van der Waals surface area contributed by atoms with Crippen molar-refractivity contribution >= 4 is 16.0 Å². The highest BCUT2D eigenvalue weighted by Crippen LogP contribution is 2.25. The van der Waals surface area contributed by atoms with Crippen LogP contribution in [0.2, 0.25) is 0 Å². The second-order valence-corrected chi connectivity index (χ2v) is 7.81. The molecule has 2 aromatic rings. The second kappa shape index (κ2) is 6.75. The molecular formula is C18H19NO4S. The van der Waals surface area contributed by atoms with Crippen LogP contribution in [0.3, 0.4) is 0 Å². The Kier molecular flexibility index (Phi) is 4.69. The third-order valence-corrected chi connectivity index (χ3v) is 6.19. The highest BCUT2D eigenvalue weighted by Gasteiger charge is 2.25. The van der Waals surface area contributed by atoms with Gasteiger partial charge in [-0.3, -0.25) is 0 Å². The number of aromatic carboxylic acids is 1. The summed E-state index contributed by atoms with van der Waals surface area (Å²) < 4.78 is 26.8. The first kappa shape index (κ1) is 16.7. The van der Waals surface area contributed by atoms with E-state index in [9.17, 15) is 13.2 Å². The van der Waals surface area contributed by atoms with Gasteiger partial charge in [-0.25, -0.2) is 13.2 Å². The third-order valence-electron chi connectivity index (χ3n) is 4.27. The van der Waals surface area contributed by atoms with Crippen molar-refractivity contribution in [3.63, 3.8) is 0 Å². The van der Waals surface area contributed by atoms with Gasteiger partial charge in [-0.1, -0.05) is 30.7 Å². The summed E-state index contributed by atoms with van der Waals surface area (Å²) in [5.41, 5.74) is 1.93. The lowest BCUT2D eigenvalue weighted by Gasteiger charge is -2.25. The minimum atomic E-state index is -3.42. The summed E-state index contributed by atoms with van der Waals surface area (Å²) in [6.45, 7) is 1.17. The number of nitrogens with zero attached hydrogens (tertiary/aromatic N) is 1. The first-order chi connectivity index (χ1) is 11.5. The van der Waals surface area contributed by atoms with E-state index in [2.05, 4.69) is 0 Å². The summed E-state index contributed by atoms with van der Waals surface area (Å²) in [5, 5.41) is 8.92. The maximum absolute atomic E-state index is 12.6. The Labute approximate surface area is 141 Å². The van der Waals surface area contributed by atoms with Crippen LogP contribution in [0, 0.1) is 0 Å². The number of hydrogen-bond donors (Lipinski definition) is 1. The molecule has 24 heavy (non-hydrogen) atoms. The second-order valence-electron chi connectivity index (χ2n) is 5.87. The zero-order chi connectivity index (χ0) is 17.2. The van der Waals surface area contributed by atoms with Crippen LogP contribution in [-0.2, 0) is 10.0 Å². The van der Waals surface area contributed by atoms with Crippen LogP contribution in [0.15, 0.2) is 53.4 Å². The Balaban J connectivity index is 1.83. The summed E-state index contributed by atoms with van der Waals surface area (Å²) in [6.07, 6.45) is 2.90. The third kappa shape index (κ3) is 3.34. The van der Waals surface area contributed by atoms with E-state index in [0.717, 1.165) is 30.4 Å². The van der Waals surface area contributed by atoms with Crippen molar-refractivity contribution in [2.75, 3.05) is 13.1 Å². The van der Waals surface area contributed by atoms with E-state index in [-0.39, 0.29) is 5.56 Å². The number of carboxylic acids is 1. The molecule has 0 unspecified atom stereocenters. The maximum Gasteiger partial charge on any atom is 0.335 e. The molecule has 0 saturated carbocycles. The fourth-order valence-electron chi connectivity index (χ4n) is 2.88. The Bertz CT molecular complexity index is 820. The number of piperidine rings is 1. The van der Waals surface area contributed by atoms with Gasteiger partial charge in [-0.05, 0) is 48.2 Å². The van der Waals surface area contributed by atoms with Gasteiger partial charge in [0.15, 0.2) is 0 Å². The van der Waals surface area contributed by atoms with Gasteiger partial charge in [0.1, 0.15) is 0 Å². The molecule has 2 aromatic carbocycles. The Morgan fingerprint density at radius 3 is 1.83 bits per heavy atom. The van der Waals surface area contributed by atoms with Crippen LogP contribution >= 0.6 is 0 Å². The van der Waals surface area contributed by atoms with Crippen LogP contribution in [0.1, 0.15) is 29.6 Å². The number of carbonyl (C=O) groups is 1. The van der Waals surface area contributed by atoms with E-state index < -0.39 is 16.0 Å². The predicted octanol–water partition coefficient (Wildman–Crippen LogP) is 3.23. The number of hydrogen-bond acceptors (Lipinski definition) is 3. The fourth-order valence-corrected chi connectivity index (χ4v) is 4.40. The van der Waals surface area contributed by atoms with Crippen molar-refractivity contribution in [1.29, 1.82) is 0 Å². The lowest BCUT2D eigenvalue weighted by molar-refractivity contribution is 0.0697. The van der Waals surface area contributed by atoms with Gasteiger partial charge in [0.05, 0.1) is 10.5 Å². The van der Waals surface area contributed by atoms with Crippen LogP contribution in [-0.4, -0.2) is 36.9 Å². The summed E-state index contributed by atoms with van der Waals surface area (Å²) in [5.74, 6) is -0.968. The normalized spacial score (nSPS) is 16.0. The summed E-state index contributed by atoms with van der Waals surface area (Å²) in [7, 11) is -3.42. The van der Waals surface area contributed by atoms with Crippen molar-refractivity contribution in [3.8, 4) is 11.1 Å². The molecule has 0 aliphatic carbocycles. The van der Waals surface area contributed by atoms with Crippen LogP contribution < -0.4 is 0 Å². The number of rotatable bonds is 4. The predicted molar refractivity (Wildman–Crippen MR) is 91.4 cm³/mol. The van der Waals surface area contributed by atoms with E-state index in [0.29, 0.717) is 18.0 Å². The lowest BCUT2D eigenvalue weighted by Crippen LogP contribution is -2.35. The summed E-state index contributed by atoms with van der Waals surface area (Å²) in [4.78, 5) is 11.2. The van der Waals surface area contributed by atoms with E-state index in [1.807, 2.05) is 0 Å². The smallest absolute Gasteiger partial charge is 0.335 e. The molecule has 5 nitrogen and oxygen atoms in total. The molecule has 3 rings (SSSR count). The lowest BCUT2D eigenvalue weighted by atomic mass is 10.0. The topological polar surface area (TPSA) is 74.7 Å². The summed E-state index contributed by atoms with van der Waals surface area (Å²) in [6, 6.07) is 13.3. The Morgan fingerprint density at radius 1 is 0.833 bits per heavy atom. The molecule has 0 amide bonds. The monoisotopic (exact) mass is 345 g/mol. The van der Waals surface area contributed by atoms with Gasteiger partial charge in [0.25, 0.3) is 0 Å². The molecule has 0 aromatic heterocycles. The first-order valence-corrected chi connectivity index (χ1v) is 9.36. The molecule has 6 heteroatoms. The Morgan fingerprint density at radius 2 is 1.33 bits per heavy atom. The Hall–Kier alpha value is -2.18. The molecule has 1 aliphatic rings. The van der Waals surface area contributed by atoms with Gasteiger partial charge in [0, 0.05) is 13.1 Å². The highest BCUT2D eigenvalue weighted by atomic mass is 32.2. The minimum absolute atomic E-state index is 0.225. The van der Waals surface area contributed by atoms with E-state index >= 15 is 0 Å². The van der Waals surface area contributed by atoms with Crippen LogP contribution in [0.25, 0.3) is 11.1 Å². The molecule has 0 radical (unpaired) electrons. The average Bonchev–Trinajstić information content (AvgIpc) is 2.62. The molecule has 1 aliphatic heterocycles. The van der Waals surface area contributed by atoms with Crippen LogP contribution in [0.4, 0.5) is 0 Å². The fraction of sp³-hybridized carbons (Fsp3) is 0.278. The van der Waals surface area contributed by atoms with Gasteiger partial charge in [-0.2, -0.15) is 4.31 Å². The SMILES string of the molecule is O=C(O)c1ccc(-c2ccc(S(=O)(=O)N3CCCCC3)cc2)cc1. The number of benzene rings is 2. The number of carboxylic acid groups (broad SMARTS) is 1. The maximum atomic E-state index is 12.6. The van der Waals surface area contributed by atoms with Crippen molar-refractivity contribution in [3.05, 3.63) is 54.1 Å². The van der Waals surface area contributed by atoms with Gasteiger partial charge < -0.3 is 5.11 Å². The zero-order valence-electron chi connectivity index (χ0n) is 13.2. The molecule has 0 bridgehead atoms. The largest absolute Gasteiger partial charge is 0.478 e. The molecule has 1 fully saturated rings. The van der Waals surface area contributed by atoms with Crippen molar-refractivity contribution < 1.29 is 18.3 Å². The number of sulfonamides is 1. The van der Waals surface area contributed by atoms with Crippen molar-refractivity contribution in [2.45, 2.75) is 24.2 Å². The van der Waals surface area contributed by atoms with Gasteiger partial charge in [0.2, 0.25) is 10.0 Å². The molecule has 1 heterocycles. The van der Waals surface area contributed by atoms with E-state index in [1.165, 1.54) is 12.1 Å². The summed E-state index contributed by atoms with van der Waals surface area (Å²) >= 11 is 0. The molecular weight excluding hydrogens is 326 g/mol. The molecule has 0 spiro atoms. The molecule has 1 N–H and O–H groups in total. The highest BCUT2D eigenvalue weighted by molar-refractivity contribution is 7.89. The van der Waals surface area contributed by atoms with E-state index in [1.54, 1.807) is 40.7 Å². The minimum Gasteiger partial charge on any atom is -0.478 e. The zero-order valence-corrected chi connectivity index (χ0v) is 14.0. The van der Waals surface area contributed by atoms with Crippen molar-refractivity contribution in [2.24, 2.45) is 0 Å². The molecule has 126 valence electrons. The van der Waals surface area contributed by atoms with Gasteiger partial charge in [-0.15, -0.1) is 0 Å². The van der Waals surface area contributed by atoms with E-state index in [4.69, 9.17) is 5.11 Å². The average molecular weight is 345 g/mol. The van der Waals surface area contributed by atoms with Crippen molar-refractivity contribution in [1.82, 2.24) is 4.31 Å². The van der Waals surface area contributed by atoms with Gasteiger partial charge >= 0.3 is 5.97 Å². The first-order valence-electron chi connectivity index (χ1n) is 7.92. The molecule has 1 saturated heterocycles. The molecule has 0 atom stereocenters.